The first-order valence-electron chi connectivity index (χ1n) is 5.77. The molecule has 5 heteroatoms. The highest BCUT2D eigenvalue weighted by Gasteiger charge is 2.26. The number of ketones is 1. The molecular weight excluding hydrogens is 232 g/mol. The van der Waals surface area contributed by atoms with Gasteiger partial charge in [-0.1, -0.05) is 12.1 Å². The predicted molar refractivity (Wildman–Crippen MR) is 66.2 cm³/mol. The zero-order valence-electron chi connectivity index (χ0n) is 10.0. The largest absolute Gasteiger partial charge is 0.374 e. The van der Waals surface area contributed by atoms with Gasteiger partial charge in [-0.05, 0) is 25.5 Å². The molecule has 1 aliphatic heterocycles. The molecule has 0 spiro atoms. The van der Waals surface area contributed by atoms with Gasteiger partial charge in [0.15, 0.2) is 5.78 Å². The molecule has 1 heterocycles. The van der Waals surface area contributed by atoms with Crippen LogP contribution in [0, 0.1) is 0 Å². The first-order valence-corrected chi connectivity index (χ1v) is 5.77. The molecule has 1 aliphatic rings. The number of piperidine rings is 1. The van der Waals surface area contributed by atoms with Crippen LogP contribution in [0.1, 0.15) is 30.1 Å². The van der Waals surface area contributed by atoms with Gasteiger partial charge >= 0.3 is 0 Å². The van der Waals surface area contributed by atoms with Crippen molar-refractivity contribution in [2.24, 2.45) is 0 Å². The molecule has 0 aliphatic carbocycles. The molecule has 1 saturated heterocycles. The molecule has 2 rings (SSSR count). The van der Waals surface area contributed by atoms with Crippen LogP contribution in [0.3, 0.4) is 0 Å². The minimum Gasteiger partial charge on any atom is -0.374 e. The Morgan fingerprint density at radius 2 is 2.17 bits per heavy atom. The Bertz CT molecular complexity index is 511. The Balaban J connectivity index is 2.09. The second kappa shape index (κ2) is 5.00. The second-order valence-electron chi connectivity index (χ2n) is 4.29. The topological polar surface area (TPSA) is 75.3 Å². The maximum absolute atomic E-state index is 11.6. The number of carbonyl (C=O) groups is 3. The monoisotopic (exact) mass is 246 g/mol. The van der Waals surface area contributed by atoms with Crippen molar-refractivity contribution in [3.63, 3.8) is 0 Å². The lowest BCUT2D eigenvalue weighted by molar-refractivity contribution is -0.133. The summed E-state index contributed by atoms with van der Waals surface area (Å²) in [6.45, 7) is 1.49. The van der Waals surface area contributed by atoms with E-state index in [0.717, 1.165) is 0 Å². The van der Waals surface area contributed by atoms with Gasteiger partial charge in [0.1, 0.15) is 6.04 Å². The fraction of sp³-hybridized carbons (Fsp3) is 0.308. The number of imide groups is 1. The second-order valence-corrected chi connectivity index (χ2v) is 4.29. The van der Waals surface area contributed by atoms with Gasteiger partial charge in [-0.2, -0.15) is 0 Å². The van der Waals surface area contributed by atoms with Crippen molar-refractivity contribution in [1.82, 2.24) is 5.32 Å². The van der Waals surface area contributed by atoms with E-state index < -0.39 is 6.04 Å². The quantitative estimate of drug-likeness (QED) is 0.618. The molecule has 0 bridgehead atoms. The summed E-state index contributed by atoms with van der Waals surface area (Å²) in [7, 11) is 0. The minimum atomic E-state index is -0.426. The molecule has 0 aromatic heterocycles. The third kappa shape index (κ3) is 2.74. The zero-order chi connectivity index (χ0) is 13.1. The van der Waals surface area contributed by atoms with E-state index >= 15 is 0 Å². The Hall–Kier alpha value is -2.17. The van der Waals surface area contributed by atoms with Crippen molar-refractivity contribution in [3.8, 4) is 0 Å². The summed E-state index contributed by atoms with van der Waals surface area (Å²) >= 11 is 0. The van der Waals surface area contributed by atoms with E-state index in [1.807, 2.05) is 0 Å². The van der Waals surface area contributed by atoms with Crippen molar-refractivity contribution in [2.75, 3.05) is 5.32 Å². The highest BCUT2D eigenvalue weighted by atomic mass is 16.2. The van der Waals surface area contributed by atoms with Gasteiger partial charge in [0, 0.05) is 17.7 Å². The summed E-state index contributed by atoms with van der Waals surface area (Å²) in [5.74, 6) is -0.586. The number of nitrogens with one attached hydrogen (secondary N) is 2. The van der Waals surface area contributed by atoms with Crippen LogP contribution in [0.5, 0.6) is 0 Å². The summed E-state index contributed by atoms with van der Waals surface area (Å²) < 4.78 is 0. The molecule has 1 aromatic rings. The van der Waals surface area contributed by atoms with Gasteiger partial charge in [-0.25, -0.2) is 0 Å². The maximum Gasteiger partial charge on any atom is 0.249 e. The maximum atomic E-state index is 11.6. The number of hydrogen-bond acceptors (Lipinski definition) is 4. The Labute approximate surface area is 105 Å². The van der Waals surface area contributed by atoms with Crippen LogP contribution in [0.4, 0.5) is 5.69 Å². The summed E-state index contributed by atoms with van der Waals surface area (Å²) in [5.41, 5.74) is 1.30. The molecule has 0 radical (unpaired) electrons. The average molecular weight is 246 g/mol. The highest BCUT2D eigenvalue weighted by molar-refractivity contribution is 6.01. The Morgan fingerprint density at radius 3 is 2.83 bits per heavy atom. The van der Waals surface area contributed by atoms with Crippen LogP contribution < -0.4 is 10.6 Å². The van der Waals surface area contributed by atoms with Gasteiger partial charge in [0.25, 0.3) is 0 Å². The van der Waals surface area contributed by atoms with Crippen molar-refractivity contribution in [3.05, 3.63) is 29.8 Å². The minimum absolute atomic E-state index is 0.0260. The fourth-order valence-electron chi connectivity index (χ4n) is 1.86. The van der Waals surface area contributed by atoms with Gasteiger partial charge in [0.05, 0.1) is 0 Å². The van der Waals surface area contributed by atoms with Crippen LogP contribution in [0.25, 0.3) is 0 Å². The molecule has 18 heavy (non-hydrogen) atoms. The Kier molecular flexibility index (Phi) is 3.41. The number of amides is 2. The average Bonchev–Trinajstić information content (AvgIpc) is 2.33. The number of anilines is 1. The number of hydrogen-bond donors (Lipinski definition) is 2. The summed E-state index contributed by atoms with van der Waals surface area (Å²) in [6, 6.07) is 6.54. The standard InChI is InChI=1S/C13H14N2O3/c1-8(16)9-3-2-4-10(7-9)14-11-5-6-12(17)15-13(11)18/h2-4,7,11,14H,5-6H2,1H3,(H,15,17,18). The van der Waals surface area contributed by atoms with Crippen molar-refractivity contribution in [2.45, 2.75) is 25.8 Å². The Morgan fingerprint density at radius 1 is 1.39 bits per heavy atom. The SMILES string of the molecule is CC(=O)c1cccc(NC2CCC(=O)NC2=O)c1. The summed E-state index contributed by atoms with van der Waals surface area (Å²) in [4.78, 5) is 33.8. The number of carbonyl (C=O) groups excluding carboxylic acids is 3. The normalized spacial score (nSPS) is 19.3. The lowest BCUT2D eigenvalue weighted by Gasteiger charge is -2.22. The van der Waals surface area contributed by atoms with Crippen LogP contribution >= 0.6 is 0 Å². The van der Waals surface area contributed by atoms with Crippen molar-refractivity contribution in [1.29, 1.82) is 0 Å². The molecule has 1 aromatic carbocycles. The first-order chi connectivity index (χ1) is 8.56. The lowest BCUT2D eigenvalue weighted by Crippen LogP contribution is -2.47. The zero-order valence-corrected chi connectivity index (χ0v) is 10.0. The summed E-state index contributed by atoms with van der Waals surface area (Å²) in [6.07, 6.45) is 0.796. The first kappa shape index (κ1) is 12.3. The fourth-order valence-corrected chi connectivity index (χ4v) is 1.86. The number of Topliss-reactive ketones (excluding diaryl/α,β-unsaturated/α-hetero) is 1. The molecule has 1 fully saturated rings. The van der Waals surface area contributed by atoms with E-state index in [2.05, 4.69) is 10.6 Å². The molecule has 2 N–H and O–H groups in total. The van der Waals surface area contributed by atoms with Crippen molar-refractivity contribution < 1.29 is 14.4 Å². The number of rotatable bonds is 3. The molecule has 5 nitrogen and oxygen atoms in total. The van der Waals surface area contributed by atoms with Gasteiger partial charge < -0.3 is 5.32 Å². The van der Waals surface area contributed by atoms with Gasteiger partial charge in [0.2, 0.25) is 11.8 Å². The predicted octanol–water partition coefficient (Wildman–Crippen LogP) is 1.11. The van der Waals surface area contributed by atoms with Crippen molar-refractivity contribution >= 4 is 23.3 Å². The van der Waals surface area contributed by atoms with Gasteiger partial charge in [-0.15, -0.1) is 0 Å². The molecule has 94 valence electrons. The van der Waals surface area contributed by atoms with E-state index in [-0.39, 0.29) is 17.6 Å². The van der Waals surface area contributed by atoms with E-state index in [4.69, 9.17) is 0 Å². The van der Waals surface area contributed by atoms with Gasteiger partial charge in [-0.3, -0.25) is 19.7 Å². The molecule has 1 unspecified atom stereocenters. The lowest BCUT2D eigenvalue weighted by atomic mass is 10.1. The summed E-state index contributed by atoms with van der Waals surface area (Å²) in [5, 5.41) is 5.31. The van der Waals surface area contributed by atoms with Crippen LogP contribution in [-0.4, -0.2) is 23.6 Å². The van der Waals surface area contributed by atoms with E-state index in [9.17, 15) is 14.4 Å². The van der Waals surface area contributed by atoms with E-state index in [0.29, 0.717) is 24.1 Å². The molecular formula is C13H14N2O3. The highest BCUT2D eigenvalue weighted by Crippen LogP contribution is 2.15. The van der Waals surface area contributed by atoms with E-state index in [1.165, 1.54) is 6.92 Å². The van der Waals surface area contributed by atoms with Crippen LogP contribution in [0.2, 0.25) is 0 Å². The third-order valence-corrected chi connectivity index (χ3v) is 2.85. The van der Waals surface area contributed by atoms with Crippen LogP contribution in [0.15, 0.2) is 24.3 Å². The third-order valence-electron chi connectivity index (χ3n) is 2.85. The molecule has 1 atom stereocenters. The number of benzene rings is 1. The smallest absolute Gasteiger partial charge is 0.249 e. The molecule has 0 saturated carbocycles. The molecule has 2 amide bonds. The van der Waals surface area contributed by atoms with Crippen LogP contribution in [-0.2, 0) is 9.59 Å². The van der Waals surface area contributed by atoms with E-state index in [1.54, 1.807) is 24.3 Å².